The summed E-state index contributed by atoms with van der Waals surface area (Å²) >= 11 is 4.42. The van der Waals surface area contributed by atoms with Gasteiger partial charge in [0.2, 0.25) is 0 Å². The van der Waals surface area contributed by atoms with Crippen LogP contribution < -0.4 is 5.32 Å². The van der Waals surface area contributed by atoms with E-state index in [0.717, 1.165) is 25.7 Å². The lowest BCUT2D eigenvalue weighted by Gasteiger charge is -2.49. The molecule has 1 aliphatic carbocycles. The average Bonchev–Trinajstić information content (AvgIpc) is 2.27. The third-order valence-corrected chi connectivity index (χ3v) is 4.23. The molecule has 0 aromatic heterocycles. The van der Waals surface area contributed by atoms with Crippen molar-refractivity contribution in [1.29, 1.82) is 0 Å². The number of nitrogens with zero attached hydrogens (tertiary/aromatic N) is 2. The van der Waals surface area contributed by atoms with E-state index in [-0.39, 0.29) is 24.1 Å². The second kappa shape index (κ2) is 5.23. The Bertz CT molecular complexity index is 378. The number of amides is 4. The zero-order chi connectivity index (χ0) is 14.2. The van der Waals surface area contributed by atoms with Gasteiger partial charge < -0.3 is 5.32 Å². The van der Waals surface area contributed by atoms with Crippen LogP contribution in [0.5, 0.6) is 0 Å². The lowest BCUT2D eigenvalue weighted by Crippen LogP contribution is -2.72. The molecule has 0 radical (unpaired) electrons. The van der Waals surface area contributed by atoms with Crippen molar-refractivity contribution in [3.8, 4) is 0 Å². The fraction of sp³-hybridized carbons (Fsp3) is 0.846. The maximum atomic E-state index is 12.6. The van der Waals surface area contributed by atoms with Gasteiger partial charge in [0.05, 0.1) is 0 Å². The number of nitrogens with one attached hydrogen (secondary N) is 1. The van der Waals surface area contributed by atoms with E-state index in [1.54, 1.807) is 11.8 Å². The van der Waals surface area contributed by atoms with E-state index in [2.05, 4.69) is 17.9 Å². The first kappa shape index (κ1) is 14.5. The minimum atomic E-state index is -0.923. The number of hydrogen-bond acceptors (Lipinski definition) is 3. The highest BCUT2D eigenvalue weighted by Gasteiger charge is 2.47. The highest BCUT2D eigenvalue weighted by Crippen LogP contribution is 2.31. The van der Waals surface area contributed by atoms with Crippen molar-refractivity contribution in [2.45, 2.75) is 70.0 Å². The number of urea groups is 2. The van der Waals surface area contributed by atoms with Crippen molar-refractivity contribution in [2.75, 3.05) is 0 Å². The Morgan fingerprint density at radius 3 is 2.37 bits per heavy atom. The molecule has 4 amide bonds. The molecule has 1 saturated carbocycles. The smallest absolute Gasteiger partial charge is 0.306 e. The van der Waals surface area contributed by atoms with Gasteiger partial charge >= 0.3 is 12.1 Å². The summed E-state index contributed by atoms with van der Waals surface area (Å²) in [4.78, 5) is 26.9. The Morgan fingerprint density at radius 2 is 1.84 bits per heavy atom. The highest BCUT2D eigenvalue weighted by molar-refractivity contribution is 7.81. The lowest BCUT2D eigenvalue weighted by molar-refractivity contribution is 0.0629. The fourth-order valence-corrected chi connectivity index (χ4v) is 3.51. The van der Waals surface area contributed by atoms with Crippen LogP contribution in [0.1, 0.15) is 52.9 Å². The standard InChI is InChI=1S/C13H23N3O2S/c1-9(2)16-12(18)15(10-7-5-4-6-8-10)11(17)14-13(16,3)19/h9-10,19H,4-8H2,1-3H3,(H,14,17). The fourth-order valence-electron chi connectivity index (χ4n) is 3.10. The number of rotatable bonds is 2. The SMILES string of the molecule is CC(C)N1C(=O)N(C2CCCCC2)C(=O)NC1(C)S. The Labute approximate surface area is 120 Å². The van der Waals surface area contributed by atoms with Crippen molar-refractivity contribution in [3.05, 3.63) is 0 Å². The number of carbonyl (C=O) groups is 2. The maximum absolute atomic E-state index is 12.6. The van der Waals surface area contributed by atoms with E-state index in [4.69, 9.17) is 0 Å². The number of imide groups is 1. The summed E-state index contributed by atoms with van der Waals surface area (Å²) in [5, 5.41) is 2.82. The summed E-state index contributed by atoms with van der Waals surface area (Å²) < 4.78 is 0. The molecular weight excluding hydrogens is 262 g/mol. The minimum absolute atomic E-state index is 0.0123. The van der Waals surface area contributed by atoms with Crippen LogP contribution in [0.2, 0.25) is 0 Å². The molecule has 108 valence electrons. The summed E-state index contributed by atoms with van der Waals surface area (Å²) in [7, 11) is 0. The van der Waals surface area contributed by atoms with Crippen LogP contribution in [0, 0.1) is 0 Å². The first-order valence-corrected chi connectivity index (χ1v) is 7.46. The molecule has 0 aromatic rings. The molecule has 1 N–H and O–H groups in total. The zero-order valence-electron chi connectivity index (χ0n) is 11.8. The average molecular weight is 285 g/mol. The molecule has 1 unspecified atom stereocenters. The van der Waals surface area contributed by atoms with Crippen LogP contribution in [-0.2, 0) is 0 Å². The molecule has 0 bridgehead atoms. The van der Waals surface area contributed by atoms with Crippen molar-refractivity contribution in [1.82, 2.24) is 15.1 Å². The van der Waals surface area contributed by atoms with Gasteiger partial charge in [-0.15, -0.1) is 12.6 Å². The first-order valence-electron chi connectivity index (χ1n) is 7.01. The highest BCUT2D eigenvalue weighted by atomic mass is 32.1. The third-order valence-electron chi connectivity index (χ3n) is 3.90. The maximum Gasteiger partial charge on any atom is 0.331 e. The van der Waals surface area contributed by atoms with Gasteiger partial charge in [0.15, 0.2) is 4.99 Å². The monoisotopic (exact) mass is 285 g/mol. The quantitative estimate of drug-likeness (QED) is 0.767. The van der Waals surface area contributed by atoms with Gasteiger partial charge in [-0.25, -0.2) is 14.5 Å². The predicted molar refractivity (Wildman–Crippen MR) is 77.0 cm³/mol. The molecule has 1 atom stereocenters. The summed E-state index contributed by atoms with van der Waals surface area (Å²) in [6.07, 6.45) is 5.18. The van der Waals surface area contributed by atoms with E-state index >= 15 is 0 Å². The van der Waals surface area contributed by atoms with Crippen LogP contribution in [0.15, 0.2) is 0 Å². The molecule has 0 aromatic carbocycles. The third kappa shape index (κ3) is 2.68. The molecule has 5 nitrogen and oxygen atoms in total. The molecule has 1 saturated heterocycles. The van der Waals surface area contributed by atoms with Crippen LogP contribution in [0.25, 0.3) is 0 Å². The molecule has 2 rings (SSSR count). The Kier molecular flexibility index (Phi) is 3.99. The zero-order valence-corrected chi connectivity index (χ0v) is 12.7. The van der Waals surface area contributed by atoms with Gasteiger partial charge in [-0.05, 0) is 33.6 Å². The predicted octanol–water partition coefficient (Wildman–Crippen LogP) is 2.78. The van der Waals surface area contributed by atoms with Crippen molar-refractivity contribution >= 4 is 24.7 Å². The number of carbonyl (C=O) groups excluding carboxylic acids is 2. The largest absolute Gasteiger partial charge is 0.331 e. The molecule has 6 heteroatoms. The topological polar surface area (TPSA) is 52.7 Å². The van der Waals surface area contributed by atoms with Crippen LogP contribution in [0.4, 0.5) is 9.59 Å². The van der Waals surface area contributed by atoms with E-state index in [0.29, 0.717) is 0 Å². The van der Waals surface area contributed by atoms with E-state index in [1.165, 1.54) is 11.3 Å². The van der Waals surface area contributed by atoms with Gasteiger partial charge in [-0.3, -0.25) is 4.90 Å². The van der Waals surface area contributed by atoms with Crippen molar-refractivity contribution in [2.24, 2.45) is 0 Å². The van der Waals surface area contributed by atoms with Gasteiger partial charge in [0, 0.05) is 12.1 Å². The van der Waals surface area contributed by atoms with E-state index in [1.807, 2.05) is 13.8 Å². The van der Waals surface area contributed by atoms with Crippen molar-refractivity contribution < 1.29 is 9.59 Å². The second-order valence-corrected chi connectivity index (χ2v) is 6.73. The summed E-state index contributed by atoms with van der Waals surface area (Å²) in [6, 6.07) is -0.511. The summed E-state index contributed by atoms with van der Waals surface area (Å²) in [5.74, 6) is 0. The number of hydrogen-bond donors (Lipinski definition) is 2. The van der Waals surface area contributed by atoms with Crippen molar-refractivity contribution in [3.63, 3.8) is 0 Å². The van der Waals surface area contributed by atoms with Gasteiger partial charge in [-0.2, -0.15) is 0 Å². The Hall–Kier alpha value is -0.910. The summed E-state index contributed by atoms with van der Waals surface area (Å²) in [6.45, 7) is 5.61. The van der Waals surface area contributed by atoms with E-state index in [9.17, 15) is 9.59 Å². The van der Waals surface area contributed by atoms with E-state index < -0.39 is 4.99 Å². The normalized spacial score (nSPS) is 29.9. The van der Waals surface area contributed by atoms with Crippen LogP contribution >= 0.6 is 12.6 Å². The van der Waals surface area contributed by atoms with Gasteiger partial charge in [0.1, 0.15) is 0 Å². The van der Waals surface area contributed by atoms with Gasteiger partial charge in [-0.1, -0.05) is 19.3 Å². The molecule has 2 aliphatic rings. The van der Waals surface area contributed by atoms with Crippen LogP contribution in [0.3, 0.4) is 0 Å². The molecule has 0 spiro atoms. The van der Waals surface area contributed by atoms with Crippen LogP contribution in [-0.4, -0.2) is 38.9 Å². The minimum Gasteiger partial charge on any atom is -0.306 e. The Morgan fingerprint density at radius 1 is 1.26 bits per heavy atom. The summed E-state index contributed by atoms with van der Waals surface area (Å²) in [5.41, 5.74) is 0. The van der Waals surface area contributed by atoms with Gasteiger partial charge in [0.25, 0.3) is 0 Å². The molecule has 1 aliphatic heterocycles. The molecule has 2 fully saturated rings. The molecular formula is C13H23N3O2S. The molecule has 1 heterocycles. The Balaban J connectivity index is 2.24. The molecule has 19 heavy (non-hydrogen) atoms. The number of thiol groups is 1. The lowest BCUT2D eigenvalue weighted by atomic mass is 9.94. The second-order valence-electron chi connectivity index (χ2n) is 5.86. The first-order chi connectivity index (χ1) is 8.84.